The quantitative estimate of drug-likeness (QED) is 0.946. The maximum absolute atomic E-state index is 6.04. The summed E-state index contributed by atoms with van der Waals surface area (Å²) >= 11 is 1.67. The number of piperidine rings is 1. The Morgan fingerprint density at radius 2 is 2.40 bits per heavy atom. The average molecular weight is 314 g/mol. The normalized spacial score (nSPS) is 23.5. The van der Waals surface area contributed by atoms with Gasteiger partial charge in [-0.3, -0.25) is 4.90 Å². The van der Waals surface area contributed by atoms with Crippen LogP contribution < -0.4 is 5.73 Å². The lowest BCUT2D eigenvalue weighted by Crippen LogP contribution is -2.45. The lowest BCUT2D eigenvalue weighted by molar-refractivity contribution is 0.154. The van der Waals surface area contributed by atoms with Crippen molar-refractivity contribution in [3.63, 3.8) is 0 Å². The first-order chi connectivity index (χ1) is 9.22. The van der Waals surface area contributed by atoms with Crippen LogP contribution >= 0.6 is 23.7 Å². The van der Waals surface area contributed by atoms with Crippen LogP contribution in [0.15, 0.2) is 28.1 Å². The first kappa shape index (κ1) is 15.5. The van der Waals surface area contributed by atoms with E-state index in [0.717, 1.165) is 42.4 Å². The lowest BCUT2D eigenvalue weighted by atomic mass is 9.95. The molecule has 1 aliphatic heterocycles. The number of hydrogen-bond acceptors (Lipinski definition) is 5. The molecule has 3 rings (SSSR count). The second-order valence-electron chi connectivity index (χ2n) is 5.32. The number of rotatable bonds is 3. The minimum absolute atomic E-state index is 0. The van der Waals surface area contributed by atoms with Gasteiger partial charge in [-0.05, 0) is 23.8 Å². The number of thiophene rings is 1. The third-order valence-corrected chi connectivity index (χ3v) is 4.65. The Hall–Kier alpha value is -0.880. The van der Waals surface area contributed by atoms with E-state index in [2.05, 4.69) is 23.0 Å². The van der Waals surface area contributed by atoms with Crippen LogP contribution in [0.3, 0.4) is 0 Å². The molecule has 1 aliphatic rings. The second-order valence-corrected chi connectivity index (χ2v) is 6.27. The van der Waals surface area contributed by atoms with Crippen molar-refractivity contribution in [2.24, 2.45) is 11.7 Å². The highest BCUT2D eigenvalue weighted by Gasteiger charge is 2.23. The summed E-state index contributed by atoms with van der Waals surface area (Å²) in [5.41, 5.74) is 7.05. The van der Waals surface area contributed by atoms with Crippen LogP contribution in [-0.4, -0.2) is 29.2 Å². The van der Waals surface area contributed by atoms with Gasteiger partial charge in [0.05, 0.1) is 10.6 Å². The molecule has 2 N–H and O–H groups in total. The summed E-state index contributed by atoms with van der Waals surface area (Å²) in [6.45, 7) is 5.16. The Kier molecular flexibility index (Phi) is 5.21. The molecule has 0 radical (unpaired) electrons. The zero-order chi connectivity index (χ0) is 13.2. The van der Waals surface area contributed by atoms with E-state index < -0.39 is 0 Å². The Bertz CT molecular complexity index is 528. The molecule has 2 atom stereocenters. The Morgan fingerprint density at radius 1 is 1.55 bits per heavy atom. The van der Waals surface area contributed by atoms with E-state index in [0.29, 0.717) is 12.0 Å². The number of nitrogens with two attached hydrogens (primary N) is 1. The third kappa shape index (κ3) is 3.41. The van der Waals surface area contributed by atoms with Crippen LogP contribution in [0, 0.1) is 5.92 Å². The van der Waals surface area contributed by atoms with Crippen LogP contribution in [0.25, 0.3) is 10.6 Å². The topological polar surface area (TPSA) is 55.3 Å². The van der Waals surface area contributed by atoms with E-state index in [4.69, 9.17) is 10.3 Å². The summed E-state index contributed by atoms with van der Waals surface area (Å²) in [7, 11) is 0. The number of nitrogens with zero attached hydrogens (tertiary/aromatic N) is 2. The summed E-state index contributed by atoms with van der Waals surface area (Å²) < 4.78 is 5.41. The highest BCUT2D eigenvalue weighted by atomic mass is 35.5. The standard InChI is InChI=1S/C14H19N3OS.ClH/c1-10-8-17(5-4-12(10)15)9-11-7-13(18-16-11)14-3-2-6-19-14;/h2-3,6-7,10,12H,4-5,8-9,15H2,1H3;1H. The monoisotopic (exact) mass is 313 g/mol. The Labute approximate surface area is 129 Å². The molecule has 0 spiro atoms. The van der Waals surface area contributed by atoms with Crippen molar-refractivity contribution < 1.29 is 4.52 Å². The predicted molar refractivity (Wildman–Crippen MR) is 84.1 cm³/mol. The Balaban J connectivity index is 0.00000147. The minimum atomic E-state index is 0. The lowest BCUT2D eigenvalue weighted by Gasteiger charge is -2.34. The first-order valence-corrected chi connectivity index (χ1v) is 7.58. The highest BCUT2D eigenvalue weighted by Crippen LogP contribution is 2.26. The molecule has 0 amide bonds. The van der Waals surface area contributed by atoms with Crippen LogP contribution in [-0.2, 0) is 6.54 Å². The highest BCUT2D eigenvalue weighted by molar-refractivity contribution is 7.13. The van der Waals surface area contributed by atoms with Crippen molar-refractivity contribution in [2.45, 2.75) is 25.9 Å². The van der Waals surface area contributed by atoms with E-state index in [9.17, 15) is 0 Å². The SMILES string of the molecule is CC1CN(Cc2cc(-c3cccs3)on2)CCC1N.Cl. The molecule has 0 saturated carbocycles. The van der Waals surface area contributed by atoms with Gasteiger partial charge >= 0.3 is 0 Å². The number of likely N-dealkylation sites (tertiary alicyclic amines) is 1. The van der Waals surface area contributed by atoms with E-state index in [1.807, 2.05) is 17.5 Å². The molecule has 2 aromatic heterocycles. The van der Waals surface area contributed by atoms with Crippen LogP contribution in [0.1, 0.15) is 19.0 Å². The van der Waals surface area contributed by atoms with Crippen LogP contribution in [0.5, 0.6) is 0 Å². The van der Waals surface area contributed by atoms with Crippen molar-refractivity contribution in [1.29, 1.82) is 0 Å². The summed E-state index contributed by atoms with van der Waals surface area (Å²) in [5, 5.41) is 6.22. The largest absolute Gasteiger partial charge is 0.355 e. The molecule has 4 nitrogen and oxygen atoms in total. The maximum atomic E-state index is 6.04. The molecule has 110 valence electrons. The molecule has 0 aliphatic carbocycles. The van der Waals surface area contributed by atoms with Crippen molar-refractivity contribution in [1.82, 2.24) is 10.1 Å². The zero-order valence-corrected chi connectivity index (χ0v) is 13.1. The van der Waals surface area contributed by atoms with E-state index in [1.165, 1.54) is 0 Å². The van der Waals surface area contributed by atoms with Crippen molar-refractivity contribution in [3.05, 3.63) is 29.3 Å². The van der Waals surface area contributed by atoms with E-state index >= 15 is 0 Å². The molecule has 1 saturated heterocycles. The van der Waals surface area contributed by atoms with Gasteiger partial charge in [0.25, 0.3) is 0 Å². The second kappa shape index (κ2) is 6.72. The molecule has 3 heterocycles. The minimum Gasteiger partial charge on any atom is -0.355 e. The van der Waals surface area contributed by atoms with E-state index in [1.54, 1.807) is 11.3 Å². The fraction of sp³-hybridized carbons (Fsp3) is 0.500. The molecule has 1 fully saturated rings. The molecule has 20 heavy (non-hydrogen) atoms. The molecular formula is C14H20ClN3OS. The molecule has 0 bridgehead atoms. The first-order valence-electron chi connectivity index (χ1n) is 6.70. The van der Waals surface area contributed by atoms with Gasteiger partial charge in [-0.15, -0.1) is 23.7 Å². The molecule has 6 heteroatoms. The number of hydrogen-bond donors (Lipinski definition) is 1. The zero-order valence-electron chi connectivity index (χ0n) is 11.5. The molecule has 2 unspecified atom stereocenters. The van der Waals surface area contributed by atoms with Gasteiger partial charge in [0.1, 0.15) is 0 Å². The summed E-state index contributed by atoms with van der Waals surface area (Å²) in [6.07, 6.45) is 1.07. The predicted octanol–water partition coefficient (Wildman–Crippen LogP) is 2.99. The van der Waals surface area contributed by atoms with Crippen molar-refractivity contribution >= 4 is 23.7 Å². The number of halogens is 1. The van der Waals surface area contributed by atoms with Gasteiger partial charge in [0.2, 0.25) is 0 Å². The summed E-state index contributed by atoms with van der Waals surface area (Å²) in [6, 6.07) is 6.47. The van der Waals surface area contributed by atoms with Gasteiger partial charge in [-0.1, -0.05) is 18.1 Å². The fourth-order valence-electron chi connectivity index (χ4n) is 2.54. The van der Waals surface area contributed by atoms with Gasteiger partial charge in [-0.25, -0.2) is 0 Å². The fourth-order valence-corrected chi connectivity index (χ4v) is 3.22. The van der Waals surface area contributed by atoms with Gasteiger partial charge in [-0.2, -0.15) is 0 Å². The van der Waals surface area contributed by atoms with Crippen molar-refractivity contribution in [3.8, 4) is 10.6 Å². The molecule has 0 aromatic carbocycles. The average Bonchev–Trinajstić information content (AvgIpc) is 3.04. The maximum Gasteiger partial charge on any atom is 0.177 e. The summed E-state index contributed by atoms with van der Waals surface area (Å²) in [5.74, 6) is 1.42. The van der Waals surface area contributed by atoms with Crippen LogP contribution in [0.4, 0.5) is 0 Å². The van der Waals surface area contributed by atoms with Gasteiger partial charge in [0, 0.05) is 31.7 Å². The summed E-state index contributed by atoms with van der Waals surface area (Å²) in [4.78, 5) is 3.54. The number of aromatic nitrogens is 1. The molecular weight excluding hydrogens is 294 g/mol. The third-order valence-electron chi connectivity index (χ3n) is 3.76. The van der Waals surface area contributed by atoms with Gasteiger partial charge in [0.15, 0.2) is 5.76 Å². The molecule has 2 aromatic rings. The van der Waals surface area contributed by atoms with E-state index in [-0.39, 0.29) is 12.4 Å². The van der Waals surface area contributed by atoms with Crippen LogP contribution in [0.2, 0.25) is 0 Å². The van der Waals surface area contributed by atoms with Crippen molar-refractivity contribution in [2.75, 3.05) is 13.1 Å². The smallest absolute Gasteiger partial charge is 0.177 e. The Morgan fingerprint density at radius 3 is 3.10 bits per heavy atom. The van der Waals surface area contributed by atoms with Gasteiger partial charge < -0.3 is 10.3 Å².